The van der Waals surface area contributed by atoms with Crippen molar-refractivity contribution in [3.8, 4) is 11.5 Å². The average molecular weight is 427 g/mol. The number of oxime groups is 1. The van der Waals surface area contributed by atoms with E-state index in [2.05, 4.69) is 5.16 Å². The summed E-state index contributed by atoms with van der Waals surface area (Å²) in [6, 6.07) is 16.9. The molecule has 3 aromatic carbocycles. The summed E-state index contributed by atoms with van der Waals surface area (Å²) in [5.74, 6) is -0.873. The third-order valence-corrected chi connectivity index (χ3v) is 4.06. The molecule has 0 aliphatic heterocycles. The van der Waals surface area contributed by atoms with Crippen molar-refractivity contribution in [3.05, 3.63) is 95.1 Å². The predicted octanol–water partition coefficient (Wildman–Crippen LogP) is 4.56. The van der Waals surface area contributed by atoms with E-state index in [1.165, 1.54) is 30.5 Å². The molecule has 0 atom stereocenters. The number of halogens is 2. The zero-order valence-electron chi connectivity index (χ0n) is 16.3. The minimum absolute atomic E-state index is 0.187. The van der Waals surface area contributed by atoms with Crippen LogP contribution in [0.1, 0.15) is 16.7 Å². The number of rotatable bonds is 10. The van der Waals surface area contributed by atoms with Crippen LogP contribution in [0.4, 0.5) is 8.78 Å². The first-order valence-corrected chi connectivity index (χ1v) is 9.25. The number of benzene rings is 3. The molecule has 0 aliphatic rings. The summed E-state index contributed by atoms with van der Waals surface area (Å²) < 4.78 is 37.6. The molecule has 3 aromatic rings. The van der Waals surface area contributed by atoms with Gasteiger partial charge in [0.25, 0.3) is 0 Å². The minimum Gasteiger partial charge on any atom is -0.489 e. The lowest BCUT2D eigenvalue weighted by atomic mass is 10.2. The molecule has 31 heavy (non-hydrogen) atoms. The summed E-state index contributed by atoms with van der Waals surface area (Å²) in [6.07, 6.45) is 1.31. The smallest absolute Gasteiger partial charge is 0.344 e. The Labute approximate surface area is 177 Å². The van der Waals surface area contributed by atoms with Crippen molar-refractivity contribution in [1.82, 2.24) is 0 Å². The van der Waals surface area contributed by atoms with Gasteiger partial charge in [0.2, 0.25) is 6.61 Å². The first-order valence-electron chi connectivity index (χ1n) is 9.25. The second-order valence-electron chi connectivity index (χ2n) is 6.43. The number of hydrogen-bond acceptors (Lipinski definition) is 5. The van der Waals surface area contributed by atoms with Crippen molar-refractivity contribution in [2.24, 2.45) is 5.16 Å². The van der Waals surface area contributed by atoms with E-state index in [1.54, 1.807) is 42.5 Å². The molecule has 0 saturated heterocycles. The summed E-state index contributed by atoms with van der Waals surface area (Å²) in [5, 5.41) is 12.3. The standard InChI is InChI=1S/C23H19F2NO5/c24-19-5-1-16(2-6-19)13-29-21-9-10-22(18(11-21)12-26-31-15-23(27)28)30-14-17-3-7-20(25)8-4-17/h1-12H,13-15H2,(H,27,28). The molecule has 0 fully saturated rings. The van der Waals surface area contributed by atoms with Crippen molar-refractivity contribution < 1.29 is 33.0 Å². The van der Waals surface area contributed by atoms with Crippen LogP contribution in [0.2, 0.25) is 0 Å². The Hall–Kier alpha value is -3.94. The van der Waals surface area contributed by atoms with E-state index in [0.717, 1.165) is 11.1 Å². The lowest BCUT2D eigenvalue weighted by Crippen LogP contribution is -2.04. The highest BCUT2D eigenvalue weighted by molar-refractivity contribution is 5.84. The highest BCUT2D eigenvalue weighted by Crippen LogP contribution is 2.25. The van der Waals surface area contributed by atoms with Gasteiger partial charge in [-0.25, -0.2) is 13.6 Å². The Balaban J connectivity index is 1.71. The number of ether oxygens (including phenoxy) is 2. The molecule has 0 amide bonds. The molecule has 0 aromatic heterocycles. The van der Waals surface area contributed by atoms with Crippen LogP contribution in [0.5, 0.6) is 11.5 Å². The number of carboxylic acids is 1. The van der Waals surface area contributed by atoms with Crippen molar-refractivity contribution >= 4 is 12.2 Å². The first-order chi connectivity index (χ1) is 15.0. The highest BCUT2D eigenvalue weighted by Gasteiger charge is 2.07. The third kappa shape index (κ3) is 7.11. The molecular formula is C23H19F2NO5. The minimum atomic E-state index is -1.15. The Morgan fingerprint density at radius 2 is 1.45 bits per heavy atom. The molecule has 0 aliphatic carbocycles. The largest absolute Gasteiger partial charge is 0.489 e. The van der Waals surface area contributed by atoms with Crippen LogP contribution in [-0.4, -0.2) is 23.9 Å². The topological polar surface area (TPSA) is 77.4 Å². The third-order valence-electron chi connectivity index (χ3n) is 4.06. The van der Waals surface area contributed by atoms with Crippen LogP contribution < -0.4 is 9.47 Å². The van der Waals surface area contributed by atoms with Gasteiger partial charge in [-0.1, -0.05) is 29.4 Å². The van der Waals surface area contributed by atoms with E-state index in [0.29, 0.717) is 17.1 Å². The number of nitrogens with zero attached hydrogens (tertiary/aromatic N) is 1. The van der Waals surface area contributed by atoms with Crippen LogP contribution >= 0.6 is 0 Å². The molecule has 0 heterocycles. The van der Waals surface area contributed by atoms with Crippen LogP contribution in [0.3, 0.4) is 0 Å². The van der Waals surface area contributed by atoms with Gasteiger partial charge < -0.3 is 19.4 Å². The molecule has 0 bridgehead atoms. The molecule has 6 nitrogen and oxygen atoms in total. The molecule has 1 N–H and O–H groups in total. The van der Waals surface area contributed by atoms with E-state index in [4.69, 9.17) is 19.4 Å². The Morgan fingerprint density at radius 1 is 0.871 bits per heavy atom. The SMILES string of the molecule is O=C(O)CON=Cc1cc(OCc2ccc(F)cc2)ccc1OCc1ccc(F)cc1. The summed E-state index contributed by atoms with van der Waals surface area (Å²) >= 11 is 0. The monoisotopic (exact) mass is 427 g/mol. The molecular weight excluding hydrogens is 408 g/mol. The van der Waals surface area contributed by atoms with Crippen LogP contribution in [0.15, 0.2) is 71.9 Å². The predicted molar refractivity (Wildman–Crippen MR) is 109 cm³/mol. The Kier molecular flexibility index (Phi) is 7.53. The maximum atomic E-state index is 13.1. The molecule has 0 spiro atoms. The van der Waals surface area contributed by atoms with E-state index >= 15 is 0 Å². The fourth-order valence-corrected chi connectivity index (χ4v) is 2.52. The molecule has 0 saturated carbocycles. The molecule has 0 radical (unpaired) electrons. The van der Waals surface area contributed by atoms with Gasteiger partial charge in [0.1, 0.15) is 36.3 Å². The van der Waals surface area contributed by atoms with Gasteiger partial charge in [-0.2, -0.15) is 0 Å². The summed E-state index contributed by atoms with van der Waals surface area (Å²) in [6.45, 7) is -0.169. The lowest BCUT2D eigenvalue weighted by Gasteiger charge is -2.12. The van der Waals surface area contributed by atoms with Gasteiger partial charge in [-0.05, 0) is 53.6 Å². The molecule has 8 heteroatoms. The van der Waals surface area contributed by atoms with Crippen molar-refractivity contribution in [2.45, 2.75) is 13.2 Å². The zero-order valence-corrected chi connectivity index (χ0v) is 16.3. The Bertz CT molecular complexity index is 1040. The van der Waals surface area contributed by atoms with Gasteiger partial charge in [0.05, 0.1) is 6.21 Å². The van der Waals surface area contributed by atoms with Gasteiger partial charge in [-0.3, -0.25) is 0 Å². The summed E-state index contributed by atoms with van der Waals surface area (Å²) in [5.41, 5.74) is 2.05. The van der Waals surface area contributed by atoms with Crippen molar-refractivity contribution in [3.63, 3.8) is 0 Å². The second-order valence-corrected chi connectivity index (χ2v) is 6.43. The number of aliphatic carboxylic acids is 1. The van der Waals surface area contributed by atoms with E-state index < -0.39 is 12.6 Å². The first kappa shape index (κ1) is 21.8. The number of carboxylic acid groups (broad SMARTS) is 1. The summed E-state index contributed by atoms with van der Waals surface area (Å²) in [7, 11) is 0. The maximum absolute atomic E-state index is 13.1. The summed E-state index contributed by atoms with van der Waals surface area (Å²) in [4.78, 5) is 15.3. The fourth-order valence-electron chi connectivity index (χ4n) is 2.52. The van der Waals surface area contributed by atoms with Crippen molar-refractivity contribution in [2.75, 3.05) is 6.61 Å². The fraction of sp³-hybridized carbons (Fsp3) is 0.130. The number of hydrogen-bond donors (Lipinski definition) is 1. The normalized spacial score (nSPS) is 10.8. The van der Waals surface area contributed by atoms with E-state index in [1.807, 2.05) is 0 Å². The van der Waals surface area contributed by atoms with E-state index in [9.17, 15) is 13.6 Å². The van der Waals surface area contributed by atoms with E-state index in [-0.39, 0.29) is 24.8 Å². The van der Waals surface area contributed by atoms with Gasteiger partial charge in [0.15, 0.2) is 0 Å². The van der Waals surface area contributed by atoms with Crippen LogP contribution in [0, 0.1) is 11.6 Å². The number of carbonyl (C=O) groups is 1. The second kappa shape index (κ2) is 10.7. The highest BCUT2D eigenvalue weighted by atomic mass is 19.1. The average Bonchev–Trinajstić information content (AvgIpc) is 2.76. The van der Waals surface area contributed by atoms with Gasteiger partial charge >= 0.3 is 5.97 Å². The van der Waals surface area contributed by atoms with Crippen molar-refractivity contribution in [1.29, 1.82) is 0 Å². The molecule has 160 valence electrons. The van der Waals surface area contributed by atoms with Crippen LogP contribution in [-0.2, 0) is 22.8 Å². The maximum Gasteiger partial charge on any atom is 0.344 e. The lowest BCUT2D eigenvalue weighted by molar-refractivity contribution is -0.142. The Morgan fingerprint density at radius 3 is 2.03 bits per heavy atom. The quantitative estimate of drug-likeness (QED) is 0.379. The zero-order chi connectivity index (χ0) is 22.1. The van der Waals surface area contributed by atoms with Gasteiger partial charge in [0, 0.05) is 5.56 Å². The van der Waals surface area contributed by atoms with Crippen LogP contribution in [0.25, 0.3) is 0 Å². The molecule has 3 rings (SSSR count). The molecule has 0 unspecified atom stereocenters. The van der Waals surface area contributed by atoms with Gasteiger partial charge in [-0.15, -0.1) is 0 Å².